The van der Waals surface area contributed by atoms with Crippen molar-refractivity contribution < 1.29 is 18.4 Å². The van der Waals surface area contributed by atoms with Crippen molar-refractivity contribution in [3.63, 3.8) is 0 Å². The highest BCUT2D eigenvalue weighted by molar-refractivity contribution is 5.81. The highest BCUT2D eigenvalue weighted by atomic mass is 19.3. The van der Waals surface area contributed by atoms with E-state index in [0.717, 1.165) is 52.9 Å². The Kier molecular flexibility index (Phi) is 6.40. The van der Waals surface area contributed by atoms with Gasteiger partial charge in [0.2, 0.25) is 11.8 Å². The lowest BCUT2D eigenvalue weighted by atomic mass is 9.87. The predicted octanol–water partition coefficient (Wildman–Crippen LogP) is 5.31. The average molecular weight is 534 g/mol. The SMILES string of the molecule is CC(=O)N1Cc2cc(C3CCC(=O)N(C)C3)cc(N3CCCc4cc(-c5cnn(C)c5)c(C(F)F)cc43)c2C1. The number of amides is 2. The minimum Gasteiger partial charge on any atom is -0.345 e. The Balaban J connectivity index is 1.47. The smallest absolute Gasteiger partial charge is 0.264 e. The maximum atomic E-state index is 14.4. The maximum Gasteiger partial charge on any atom is 0.264 e. The molecule has 39 heavy (non-hydrogen) atoms. The zero-order valence-corrected chi connectivity index (χ0v) is 22.6. The number of carbonyl (C=O) groups is 2. The second-order valence-corrected chi connectivity index (χ2v) is 11.1. The largest absolute Gasteiger partial charge is 0.345 e. The zero-order chi connectivity index (χ0) is 27.4. The number of aryl methyl sites for hydroxylation is 2. The van der Waals surface area contributed by atoms with E-state index in [2.05, 4.69) is 22.1 Å². The number of likely N-dealkylation sites (N-methyl/N-ethyl adjacent to an activating group) is 1. The van der Waals surface area contributed by atoms with Crippen LogP contribution in [0.2, 0.25) is 0 Å². The number of rotatable bonds is 4. The third kappa shape index (κ3) is 4.57. The van der Waals surface area contributed by atoms with Crippen LogP contribution in [0, 0.1) is 0 Å². The molecule has 0 saturated carbocycles. The van der Waals surface area contributed by atoms with Gasteiger partial charge in [0.15, 0.2) is 0 Å². The van der Waals surface area contributed by atoms with E-state index in [1.807, 2.05) is 18.0 Å². The number of hydrogen-bond donors (Lipinski definition) is 0. The van der Waals surface area contributed by atoms with Crippen molar-refractivity contribution in [2.45, 2.75) is 58.0 Å². The Bertz CT molecular complexity index is 1470. The molecule has 9 heteroatoms. The van der Waals surface area contributed by atoms with Crippen LogP contribution in [0.3, 0.4) is 0 Å². The van der Waals surface area contributed by atoms with Crippen LogP contribution >= 0.6 is 0 Å². The van der Waals surface area contributed by atoms with Crippen LogP contribution in [0.5, 0.6) is 0 Å². The first-order valence-corrected chi connectivity index (χ1v) is 13.6. The van der Waals surface area contributed by atoms with Crippen molar-refractivity contribution >= 4 is 23.2 Å². The van der Waals surface area contributed by atoms with Gasteiger partial charge in [0.05, 0.1) is 6.20 Å². The molecule has 7 nitrogen and oxygen atoms in total. The number of hydrogen-bond acceptors (Lipinski definition) is 4. The fourth-order valence-electron chi connectivity index (χ4n) is 6.39. The average Bonchev–Trinajstić information content (AvgIpc) is 3.55. The normalized spacial score (nSPS) is 19.1. The second-order valence-electron chi connectivity index (χ2n) is 11.1. The Morgan fingerprint density at radius 2 is 1.87 bits per heavy atom. The van der Waals surface area contributed by atoms with Gasteiger partial charge in [-0.2, -0.15) is 5.10 Å². The van der Waals surface area contributed by atoms with Crippen LogP contribution in [0.25, 0.3) is 11.1 Å². The molecule has 0 spiro atoms. The van der Waals surface area contributed by atoms with Crippen LogP contribution < -0.4 is 4.90 Å². The molecular weight excluding hydrogens is 500 g/mol. The molecule has 204 valence electrons. The highest BCUT2D eigenvalue weighted by Crippen LogP contribution is 2.45. The van der Waals surface area contributed by atoms with Crippen LogP contribution in [-0.2, 0) is 36.1 Å². The number of nitrogens with zero attached hydrogens (tertiary/aromatic N) is 5. The Morgan fingerprint density at radius 3 is 2.56 bits per heavy atom. The Hall–Kier alpha value is -3.75. The van der Waals surface area contributed by atoms with E-state index < -0.39 is 6.43 Å². The first kappa shape index (κ1) is 25.5. The van der Waals surface area contributed by atoms with Crippen LogP contribution in [-0.4, -0.2) is 51.5 Å². The molecule has 0 N–H and O–H groups in total. The molecule has 3 aliphatic heterocycles. The molecule has 0 radical (unpaired) electrons. The van der Waals surface area contributed by atoms with Crippen molar-refractivity contribution in [2.75, 3.05) is 25.0 Å². The van der Waals surface area contributed by atoms with Crippen LogP contribution in [0.4, 0.5) is 20.2 Å². The summed E-state index contributed by atoms with van der Waals surface area (Å²) in [6.45, 7) is 3.98. The minimum absolute atomic E-state index is 0.000713. The van der Waals surface area contributed by atoms with Gasteiger partial charge in [-0.05, 0) is 59.7 Å². The fourth-order valence-corrected chi connectivity index (χ4v) is 6.39. The maximum absolute atomic E-state index is 14.4. The van der Waals surface area contributed by atoms with E-state index in [1.165, 1.54) is 0 Å². The summed E-state index contributed by atoms with van der Waals surface area (Å²) in [6.07, 6.45) is 3.75. The van der Waals surface area contributed by atoms with Gasteiger partial charge in [0.1, 0.15) is 0 Å². The summed E-state index contributed by atoms with van der Waals surface area (Å²) in [5.41, 5.74) is 7.36. The van der Waals surface area contributed by atoms with E-state index in [9.17, 15) is 18.4 Å². The van der Waals surface area contributed by atoms with Crippen molar-refractivity contribution in [2.24, 2.45) is 7.05 Å². The summed E-state index contributed by atoms with van der Waals surface area (Å²) in [5.74, 6) is 0.364. The van der Waals surface area contributed by atoms with Gasteiger partial charge in [-0.1, -0.05) is 6.07 Å². The molecule has 4 heterocycles. The number of halogens is 2. The Labute approximate surface area is 227 Å². The quantitative estimate of drug-likeness (QED) is 0.456. The topological polar surface area (TPSA) is 61.7 Å². The van der Waals surface area contributed by atoms with Gasteiger partial charge in [0.25, 0.3) is 6.43 Å². The summed E-state index contributed by atoms with van der Waals surface area (Å²) < 4.78 is 30.5. The molecule has 1 aromatic heterocycles. The molecular formula is C30H33F2N5O2. The number of fused-ring (bicyclic) bond motifs is 2. The van der Waals surface area contributed by atoms with E-state index in [4.69, 9.17) is 0 Å². The third-order valence-corrected chi connectivity index (χ3v) is 8.51. The van der Waals surface area contributed by atoms with E-state index in [0.29, 0.717) is 43.7 Å². The molecule has 0 aliphatic carbocycles. The number of carbonyl (C=O) groups excluding carboxylic acids is 2. The van der Waals surface area contributed by atoms with Crippen molar-refractivity contribution in [3.8, 4) is 11.1 Å². The molecule has 0 bridgehead atoms. The lowest BCUT2D eigenvalue weighted by Crippen LogP contribution is -2.36. The molecule has 3 aromatic rings. The standard InChI is InChI=1S/C30H33F2N5O2/c1-18(38)36-16-22-9-21(20-6-7-29(39)34(2)14-20)11-28(26(22)17-36)37-8-4-5-19-10-24(23-13-33-35(3)15-23)25(30(31)32)12-27(19)37/h9-13,15,20,30H,4-8,14,16-17H2,1-3H3. The number of likely N-dealkylation sites (tertiary alicyclic amines) is 1. The molecule has 2 aromatic carbocycles. The molecule has 6 rings (SSSR count). The highest BCUT2D eigenvalue weighted by Gasteiger charge is 2.32. The summed E-state index contributed by atoms with van der Waals surface area (Å²) in [5, 5.41) is 4.20. The van der Waals surface area contributed by atoms with Gasteiger partial charge in [-0.25, -0.2) is 8.78 Å². The molecule has 1 fully saturated rings. The molecule has 2 amide bonds. The number of alkyl halides is 2. The molecule has 1 unspecified atom stereocenters. The minimum atomic E-state index is -2.63. The van der Waals surface area contributed by atoms with Crippen molar-refractivity contribution in [1.29, 1.82) is 0 Å². The predicted molar refractivity (Wildman–Crippen MR) is 145 cm³/mol. The lowest BCUT2D eigenvalue weighted by molar-refractivity contribution is -0.132. The third-order valence-electron chi connectivity index (χ3n) is 8.51. The van der Waals surface area contributed by atoms with Gasteiger partial charge in [0, 0.05) is 93.8 Å². The Morgan fingerprint density at radius 1 is 1.05 bits per heavy atom. The van der Waals surface area contributed by atoms with Crippen LogP contribution in [0.1, 0.15) is 66.3 Å². The summed E-state index contributed by atoms with van der Waals surface area (Å²) >= 11 is 0. The number of aromatic nitrogens is 2. The number of piperidine rings is 1. The molecule has 1 saturated heterocycles. The molecule has 3 aliphatic rings. The van der Waals surface area contributed by atoms with Crippen LogP contribution in [0.15, 0.2) is 36.7 Å². The van der Waals surface area contributed by atoms with Gasteiger partial charge in [-0.3, -0.25) is 14.3 Å². The first-order valence-electron chi connectivity index (χ1n) is 13.6. The number of benzene rings is 2. The fraction of sp³-hybridized carbons (Fsp3) is 0.433. The first-order chi connectivity index (χ1) is 18.7. The zero-order valence-electron chi connectivity index (χ0n) is 22.6. The van der Waals surface area contributed by atoms with Gasteiger partial charge in [-0.15, -0.1) is 0 Å². The van der Waals surface area contributed by atoms with Gasteiger partial charge >= 0.3 is 0 Å². The van der Waals surface area contributed by atoms with Gasteiger partial charge < -0.3 is 14.7 Å². The monoisotopic (exact) mass is 533 g/mol. The van der Waals surface area contributed by atoms with Crippen molar-refractivity contribution in [1.82, 2.24) is 19.6 Å². The lowest BCUT2D eigenvalue weighted by Gasteiger charge is -2.35. The second kappa shape index (κ2) is 9.77. The molecule has 1 atom stereocenters. The summed E-state index contributed by atoms with van der Waals surface area (Å²) in [7, 11) is 3.62. The number of anilines is 2. The summed E-state index contributed by atoms with van der Waals surface area (Å²) in [6, 6.07) is 7.94. The summed E-state index contributed by atoms with van der Waals surface area (Å²) in [4.78, 5) is 30.3. The van der Waals surface area contributed by atoms with E-state index in [-0.39, 0.29) is 23.3 Å². The van der Waals surface area contributed by atoms with E-state index >= 15 is 0 Å². The van der Waals surface area contributed by atoms with Crippen molar-refractivity contribution in [3.05, 3.63) is 64.5 Å². The van der Waals surface area contributed by atoms with E-state index in [1.54, 1.807) is 42.0 Å².